The average molecular weight is 265 g/mol. The standard InChI is InChI=1S/C13H15NO3S/c1-2-14(8-12-4-3-5-18-12)7-11-6-10(9-17-11)13(15)16/h3-6,9H,2,7-8H2,1H3,(H,15,16). The molecule has 0 saturated carbocycles. The van der Waals surface area contributed by atoms with Crippen molar-refractivity contribution in [2.75, 3.05) is 6.54 Å². The summed E-state index contributed by atoms with van der Waals surface area (Å²) in [6.45, 7) is 4.45. The van der Waals surface area contributed by atoms with E-state index in [0.717, 1.165) is 13.1 Å². The fraction of sp³-hybridized carbons (Fsp3) is 0.308. The van der Waals surface area contributed by atoms with Gasteiger partial charge < -0.3 is 9.52 Å². The first-order valence-corrected chi connectivity index (χ1v) is 6.62. The van der Waals surface area contributed by atoms with Crippen molar-refractivity contribution in [1.82, 2.24) is 4.90 Å². The van der Waals surface area contributed by atoms with Crippen molar-refractivity contribution in [2.24, 2.45) is 0 Å². The van der Waals surface area contributed by atoms with Gasteiger partial charge in [0, 0.05) is 11.4 Å². The largest absolute Gasteiger partial charge is 0.478 e. The molecule has 18 heavy (non-hydrogen) atoms. The molecule has 0 spiro atoms. The van der Waals surface area contributed by atoms with Gasteiger partial charge in [0.1, 0.15) is 12.0 Å². The summed E-state index contributed by atoms with van der Waals surface area (Å²) in [5.41, 5.74) is 0.206. The highest BCUT2D eigenvalue weighted by Gasteiger charge is 2.11. The van der Waals surface area contributed by atoms with Crippen LogP contribution in [0.4, 0.5) is 0 Å². The second kappa shape index (κ2) is 5.84. The number of aromatic carboxylic acids is 1. The highest BCUT2D eigenvalue weighted by atomic mass is 32.1. The Labute approximate surface area is 109 Å². The minimum Gasteiger partial charge on any atom is -0.478 e. The summed E-state index contributed by atoms with van der Waals surface area (Å²) in [7, 11) is 0. The molecule has 5 heteroatoms. The van der Waals surface area contributed by atoms with E-state index in [0.29, 0.717) is 12.3 Å². The molecular formula is C13H15NO3S. The van der Waals surface area contributed by atoms with Gasteiger partial charge in [-0.05, 0) is 24.1 Å². The molecule has 2 aromatic heterocycles. The summed E-state index contributed by atoms with van der Waals surface area (Å²) < 4.78 is 5.26. The van der Waals surface area contributed by atoms with Crippen molar-refractivity contribution in [1.29, 1.82) is 0 Å². The number of hydrogen-bond donors (Lipinski definition) is 1. The third kappa shape index (κ3) is 3.21. The Morgan fingerprint density at radius 1 is 1.50 bits per heavy atom. The molecule has 0 fully saturated rings. The van der Waals surface area contributed by atoms with Gasteiger partial charge in [0.05, 0.1) is 12.1 Å². The van der Waals surface area contributed by atoms with Gasteiger partial charge in [0.15, 0.2) is 0 Å². The maximum absolute atomic E-state index is 10.8. The van der Waals surface area contributed by atoms with E-state index in [9.17, 15) is 4.79 Å². The molecular weight excluding hydrogens is 250 g/mol. The van der Waals surface area contributed by atoms with Crippen LogP contribution in [0.15, 0.2) is 34.3 Å². The van der Waals surface area contributed by atoms with Gasteiger partial charge in [-0.25, -0.2) is 4.79 Å². The lowest BCUT2D eigenvalue weighted by molar-refractivity contribution is 0.0696. The maximum Gasteiger partial charge on any atom is 0.338 e. The molecule has 0 aliphatic rings. The molecule has 0 bridgehead atoms. The Morgan fingerprint density at radius 3 is 2.89 bits per heavy atom. The van der Waals surface area contributed by atoms with Crippen LogP contribution in [0.25, 0.3) is 0 Å². The Balaban J connectivity index is 1.98. The molecule has 0 amide bonds. The van der Waals surface area contributed by atoms with Gasteiger partial charge >= 0.3 is 5.97 Å². The zero-order valence-corrected chi connectivity index (χ0v) is 10.9. The van der Waals surface area contributed by atoms with Crippen LogP contribution in [-0.4, -0.2) is 22.5 Å². The first-order chi connectivity index (χ1) is 8.69. The predicted molar refractivity (Wildman–Crippen MR) is 69.8 cm³/mol. The monoisotopic (exact) mass is 265 g/mol. The van der Waals surface area contributed by atoms with Gasteiger partial charge in [-0.2, -0.15) is 0 Å². The number of furan rings is 1. The van der Waals surface area contributed by atoms with Crippen molar-refractivity contribution < 1.29 is 14.3 Å². The molecule has 2 heterocycles. The second-order valence-corrected chi connectivity index (χ2v) is 5.02. The number of carbonyl (C=O) groups is 1. The molecule has 0 saturated heterocycles. The average Bonchev–Trinajstić information content (AvgIpc) is 2.99. The number of rotatable bonds is 6. The van der Waals surface area contributed by atoms with Crippen molar-refractivity contribution in [2.45, 2.75) is 20.0 Å². The van der Waals surface area contributed by atoms with E-state index in [4.69, 9.17) is 9.52 Å². The fourth-order valence-corrected chi connectivity index (χ4v) is 2.44. The Hall–Kier alpha value is -1.59. The number of hydrogen-bond acceptors (Lipinski definition) is 4. The van der Waals surface area contributed by atoms with Crippen molar-refractivity contribution in [3.8, 4) is 0 Å². The summed E-state index contributed by atoms with van der Waals surface area (Å²) in [6, 6.07) is 5.71. The smallest absolute Gasteiger partial charge is 0.338 e. The molecule has 2 rings (SSSR count). The zero-order valence-electron chi connectivity index (χ0n) is 10.1. The molecule has 0 aliphatic carbocycles. The number of nitrogens with zero attached hydrogens (tertiary/aromatic N) is 1. The van der Waals surface area contributed by atoms with Crippen LogP contribution in [0, 0.1) is 0 Å². The third-order valence-electron chi connectivity index (χ3n) is 2.69. The van der Waals surface area contributed by atoms with E-state index in [1.165, 1.54) is 11.1 Å². The summed E-state index contributed by atoms with van der Waals surface area (Å²) in [5.74, 6) is -0.267. The topological polar surface area (TPSA) is 53.7 Å². The van der Waals surface area contributed by atoms with Gasteiger partial charge in [-0.3, -0.25) is 4.90 Å². The van der Waals surface area contributed by atoms with E-state index in [1.807, 2.05) is 6.07 Å². The van der Waals surface area contributed by atoms with Crippen LogP contribution in [0.3, 0.4) is 0 Å². The summed E-state index contributed by atoms with van der Waals surface area (Å²) in [4.78, 5) is 14.3. The Kier molecular flexibility index (Phi) is 4.17. The molecule has 0 atom stereocenters. The van der Waals surface area contributed by atoms with E-state index in [-0.39, 0.29) is 5.56 Å². The lowest BCUT2D eigenvalue weighted by atomic mass is 10.3. The van der Waals surface area contributed by atoms with Gasteiger partial charge in [0.25, 0.3) is 0 Å². The molecule has 96 valence electrons. The lowest BCUT2D eigenvalue weighted by Gasteiger charge is -2.17. The van der Waals surface area contributed by atoms with Crippen LogP contribution >= 0.6 is 11.3 Å². The van der Waals surface area contributed by atoms with Crippen LogP contribution in [0.5, 0.6) is 0 Å². The van der Waals surface area contributed by atoms with Crippen molar-refractivity contribution in [3.63, 3.8) is 0 Å². The molecule has 0 unspecified atom stereocenters. The normalized spacial score (nSPS) is 11.0. The van der Waals surface area contributed by atoms with E-state index in [1.54, 1.807) is 17.4 Å². The van der Waals surface area contributed by atoms with Crippen molar-refractivity contribution in [3.05, 3.63) is 46.0 Å². The minimum absolute atomic E-state index is 0.206. The summed E-state index contributed by atoms with van der Waals surface area (Å²) in [5, 5.41) is 10.9. The van der Waals surface area contributed by atoms with E-state index in [2.05, 4.69) is 23.3 Å². The van der Waals surface area contributed by atoms with Crippen LogP contribution in [0.1, 0.15) is 27.9 Å². The van der Waals surface area contributed by atoms with Crippen LogP contribution in [0.2, 0.25) is 0 Å². The molecule has 1 N–H and O–H groups in total. The van der Waals surface area contributed by atoms with Gasteiger partial charge in [-0.1, -0.05) is 13.0 Å². The predicted octanol–water partition coefficient (Wildman–Crippen LogP) is 3.06. The van der Waals surface area contributed by atoms with Gasteiger partial charge in [0.2, 0.25) is 0 Å². The highest BCUT2D eigenvalue weighted by molar-refractivity contribution is 7.09. The first kappa shape index (κ1) is 12.9. The van der Waals surface area contributed by atoms with Crippen molar-refractivity contribution >= 4 is 17.3 Å². The highest BCUT2D eigenvalue weighted by Crippen LogP contribution is 2.15. The number of carboxylic acid groups (broad SMARTS) is 1. The maximum atomic E-state index is 10.8. The number of thiophene rings is 1. The second-order valence-electron chi connectivity index (χ2n) is 3.99. The Morgan fingerprint density at radius 2 is 2.33 bits per heavy atom. The molecule has 4 nitrogen and oxygen atoms in total. The summed E-state index contributed by atoms with van der Waals surface area (Å²) in [6.07, 6.45) is 1.29. The molecule has 0 radical (unpaired) electrons. The lowest BCUT2D eigenvalue weighted by Crippen LogP contribution is -2.21. The fourth-order valence-electron chi connectivity index (χ4n) is 1.70. The molecule has 0 aromatic carbocycles. The zero-order chi connectivity index (χ0) is 13.0. The third-order valence-corrected chi connectivity index (χ3v) is 3.55. The van der Waals surface area contributed by atoms with E-state index < -0.39 is 5.97 Å². The quantitative estimate of drug-likeness (QED) is 0.872. The first-order valence-electron chi connectivity index (χ1n) is 5.74. The Bertz CT molecular complexity index is 504. The van der Waals surface area contributed by atoms with Crippen LogP contribution in [-0.2, 0) is 13.1 Å². The van der Waals surface area contributed by atoms with Gasteiger partial charge in [-0.15, -0.1) is 11.3 Å². The molecule has 2 aromatic rings. The number of carboxylic acids is 1. The molecule has 0 aliphatic heterocycles. The SMILES string of the molecule is CCN(Cc1cc(C(=O)O)co1)Cc1cccs1. The minimum atomic E-state index is -0.952. The van der Waals surface area contributed by atoms with Crippen LogP contribution < -0.4 is 0 Å². The van der Waals surface area contributed by atoms with E-state index >= 15 is 0 Å². The summed E-state index contributed by atoms with van der Waals surface area (Å²) >= 11 is 1.72.